The Morgan fingerprint density at radius 1 is 1.00 bits per heavy atom. The number of amides is 2. The molecule has 0 atom stereocenters. The molecule has 4 rings (SSSR count). The molecular formula is C23H23N3O2S2. The third kappa shape index (κ3) is 4.57. The molecule has 1 aliphatic rings. The summed E-state index contributed by atoms with van der Waals surface area (Å²) in [6, 6.07) is 11.5. The number of fused-ring (bicyclic) bond motifs is 1. The van der Waals surface area contributed by atoms with Crippen molar-refractivity contribution in [3.8, 4) is 0 Å². The van der Waals surface area contributed by atoms with Crippen molar-refractivity contribution in [1.82, 2.24) is 15.8 Å². The third-order valence-corrected chi connectivity index (χ3v) is 7.46. The highest BCUT2D eigenvalue weighted by atomic mass is 32.2. The minimum absolute atomic E-state index is 0.282. The maximum Gasteiger partial charge on any atom is 0.279 e. The van der Waals surface area contributed by atoms with Crippen molar-refractivity contribution in [1.29, 1.82) is 0 Å². The molecule has 0 radical (unpaired) electrons. The van der Waals surface area contributed by atoms with Crippen LogP contribution < -0.4 is 10.9 Å². The number of nitrogens with one attached hydrogen (secondary N) is 2. The normalized spacial score (nSPS) is 12.9. The lowest BCUT2D eigenvalue weighted by Gasteiger charge is -2.10. The molecule has 1 aromatic carbocycles. The Bertz CT molecular complexity index is 1080. The van der Waals surface area contributed by atoms with Gasteiger partial charge in [-0.15, -0.1) is 11.3 Å². The highest BCUT2D eigenvalue weighted by Gasteiger charge is 2.19. The van der Waals surface area contributed by atoms with Crippen molar-refractivity contribution in [2.75, 3.05) is 0 Å². The number of hydrogen-bond donors (Lipinski definition) is 2. The molecule has 0 spiro atoms. The zero-order valence-corrected chi connectivity index (χ0v) is 18.6. The second-order valence-electron chi connectivity index (χ2n) is 7.38. The van der Waals surface area contributed by atoms with Gasteiger partial charge in [-0.1, -0.05) is 17.8 Å². The number of nitrogens with zero attached hydrogens (tertiary/aromatic N) is 1. The van der Waals surface area contributed by atoms with Crippen molar-refractivity contribution in [2.45, 2.75) is 49.5 Å². The fourth-order valence-corrected chi connectivity index (χ4v) is 5.51. The first-order chi connectivity index (χ1) is 14.5. The van der Waals surface area contributed by atoms with E-state index in [1.165, 1.54) is 57.5 Å². The van der Waals surface area contributed by atoms with Crippen molar-refractivity contribution in [2.24, 2.45) is 0 Å². The summed E-state index contributed by atoms with van der Waals surface area (Å²) in [6.45, 7) is 4.12. The maximum atomic E-state index is 12.7. The standard InChI is InChI=1S/C23H23N3O2S2/c1-14-9-10-17(12-15(14)2)29-23-18(7-5-11-24-23)21(27)25-26-22(28)20-13-16-6-3-4-8-19(16)30-20/h5,7,9-13H,3-4,6,8H2,1-2H3,(H,25,27)(H,26,28). The lowest BCUT2D eigenvalue weighted by atomic mass is 9.99. The molecule has 0 bridgehead atoms. The average molecular weight is 438 g/mol. The second-order valence-corrected chi connectivity index (χ2v) is 9.58. The Kier molecular flexibility index (Phi) is 6.20. The molecular weight excluding hydrogens is 414 g/mol. The SMILES string of the molecule is Cc1ccc(Sc2ncccc2C(=O)NNC(=O)c2cc3c(s2)CCCC3)cc1C. The van der Waals surface area contributed by atoms with Gasteiger partial charge in [0, 0.05) is 16.0 Å². The molecule has 2 aromatic heterocycles. The van der Waals surface area contributed by atoms with Crippen molar-refractivity contribution < 1.29 is 9.59 Å². The van der Waals surface area contributed by atoms with Gasteiger partial charge in [-0.3, -0.25) is 20.4 Å². The number of rotatable bonds is 4. The lowest BCUT2D eigenvalue weighted by Crippen LogP contribution is -2.41. The van der Waals surface area contributed by atoms with E-state index in [2.05, 4.69) is 41.8 Å². The van der Waals surface area contributed by atoms with Crippen LogP contribution in [0, 0.1) is 13.8 Å². The highest BCUT2D eigenvalue weighted by molar-refractivity contribution is 7.99. The summed E-state index contributed by atoms with van der Waals surface area (Å²) in [5, 5.41) is 0.596. The monoisotopic (exact) mass is 437 g/mol. The van der Waals surface area contributed by atoms with E-state index in [9.17, 15) is 9.59 Å². The van der Waals surface area contributed by atoms with Gasteiger partial charge >= 0.3 is 0 Å². The van der Waals surface area contributed by atoms with Gasteiger partial charge < -0.3 is 0 Å². The van der Waals surface area contributed by atoms with Gasteiger partial charge in [-0.2, -0.15) is 0 Å². The summed E-state index contributed by atoms with van der Waals surface area (Å²) in [5.74, 6) is -0.667. The van der Waals surface area contributed by atoms with Gasteiger partial charge in [0.1, 0.15) is 5.03 Å². The van der Waals surface area contributed by atoms with Crippen LogP contribution >= 0.6 is 23.1 Å². The number of carbonyl (C=O) groups excluding carboxylic acids is 2. The first-order valence-electron chi connectivity index (χ1n) is 9.93. The number of carbonyl (C=O) groups is 2. The van der Waals surface area contributed by atoms with Crippen LogP contribution in [-0.4, -0.2) is 16.8 Å². The predicted octanol–water partition coefficient (Wildman–Crippen LogP) is 4.86. The molecule has 0 aliphatic heterocycles. The first kappa shape index (κ1) is 20.6. The maximum absolute atomic E-state index is 12.7. The van der Waals surface area contributed by atoms with Crippen LogP contribution in [0.5, 0.6) is 0 Å². The minimum Gasteiger partial charge on any atom is -0.267 e. The number of thiophene rings is 1. The summed E-state index contributed by atoms with van der Waals surface area (Å²) in [7, 11) is 0. The van der Waals surface area contributed by atoms with E-state index in [1.54, 1.807) is 18.3 Å². The minimum atomic E-state index is -0.385. The van der Waals surface area contributed by atoms with E-state index in [4.69, 9.17) is 0 Å². The van der Waals surface area contributed by atoms with Gasteiger partial charge in [-0.05, 0) is 86.6 Å². The van der Waals surface area contributed by atoms with Crippen LogP contribution in [-0.2, 0) is 12.8 Å². The molecule has 0 saturated carbocycles. The first-order valence-corrected chi connectivity index (χ1v) is 11.6. The van der Waals surface area contributed by atoms with Crippen LogP contribution in [0.2, 0.25) is 0 Å². The van der Waals surface area contributed by atoms with Gasteiger partial charge in [0.05, 0.1) is 10.4 Å². The number of aryl methyl sites for hydroxylation is 4. The number of hydrazine groups is 1. The molecule has 0 fully saturated rings. The van der Waals surface area contributed by atoms with E-state index in [-0.39, 0.29) is 11.8 Å². The summed E-state index contributed by atoms with van der Waals surface area (Å²) < 4.78 is 0. The van der Waals surface area contributed by atoms with Crippen LogP contribution in [0.15, 0.2) is 52.5 Å². The number of aromatic nitrogens is 1. The van der Waals surface area contributed by atoms with Crippen LogP contribution in [0.25, 0.3) is 0 Å². The quantitative estimate of drug-likeness (QED) is 0.572. The van der Waals surface area contributed by atoms with Gasteiger partial charge in [0.15, 0.2) is 0 Å². The highest BCUT2D eigenvalue weighted by Crippen LogP contribution is 2.31. The molecule has 3 aromatic rings. The molecule has 30 heavy (non-hydrogen) atoms. The van der Waals surface area contributed by atoms with E-state index in [0.29, 0.717) is 15.5 Å². The third-order valence-electron chi connectivity index (χ3n) is 5.22. The Balaban J connectivity index is 1.44. The van der Waals surface area contributed by atoms with Gasteiger partial charge in [0.2, 0.25) is 0 Å². The Morgan fingerprint density at radius 2 is 1.80 bits per heavy atom. The Hall–Kier alpha value is -2.64. The molecule has 0 saturated heterocycles. The molecule has 0 unspecified atom stereocenters. The molecule has 2 amide bonds. The smallest absolute Gasteiger partial charge is 0.267 e. The summed E-state index contributed by atoms with van der Waals surface area (Å²) >= 11 is 2.95. The van der Waals surface area contributed by atoms with Crippen LogP contribution in [0.3, 0.4) is 0 Å². The van der Waals surface area contributed by atoms with Crippen molar-refractivity contribution in [3.05, 3.63) is 74.6 Å². The molecule has 2 heterocycles. The van der Waals surface area contributed by atoms with E-state index in [0.717, 1.165) is 17.7 Å². The second kappa shape index (κ2) is 9.02. The zero-order chi connectivity index (χ0) is 21.1. The zero-order valence-electron chi connectivity index (χ0n) is 17.0. The number of pyridine rings is 1. The summed E-state index contributed by atoms with van der Waals surface area (Å²) in [4.78, 5) is 32.5. The average Bonchev–Trinajstić information content (AvgIpc) is 3.19. The van der Waals surface area contributed by atoms with Gasteiger partial charge in [0.25, 0.3) is 11.8 Å². The Morgan fingerprint density at radius 3 is 2.60 bits per heavy atom. The van der Waals surface area contributed by atoms with Gasteiger partial charge in [-0.25, -0.2) is 4.98 Å². The predicted molar refractivity (Wildman–Crippen MR) is 120 cm³/mol. The number of hydrogen-bond acceptors (Lipinski definition) is 5. The van der Waals surface area contributed by atoms with Crippen molar-refractivity contribution >= 4 is 34.9 Å². The van der Waals surface area contributed by atoms with Crippen LogP contribution in [0.1, 0.15) is 54.4 Å². The number of benzene rings is 1. The molecule has 1 aliphatic carbocycles. The summed E-state index contributed by atoms with van der Waals surface area (Å²) in [5.41, 5.74) is 9.18. The van der Waals surface area contributed by atoms with E-state index < -0.39 is 0 Å². The van der Waals surface area contributed by atoms with E-state index in [1.807, 2.05) is 12.1 Å². The largest absolute Gasteiger partial charge is 0.279 e. The molecule has 7 heteroatoms. The summed E-state index contributed by atoms with van der Waals surface area (Å²) in [6.07, 6.45) is 6.07. The van der Waals surface area contributed by atoms with E-state index >= 15 is 0 Å². The van der Waals surface area contributed by atoms with Crippen LogP contribution in [0.4, 0.5) is 0 Å². The Labute approximate surface area is 184 Å². The fourth-order valence-electron chi connectivity index (χ4n) is 3.38. The molecule has 5 nitrogen and oxygen atoms in total. The topological polar surface area (TPSA) is 71.1 Å². The molecule has 154 valence electrons. The fraction of sp³-hybridized carbons (Fsp3) is 0.261. The van der Waals surface area contributed by atoms with Crippen molar-refractivity contribution in [3.63, 3.8) is 0 Å². The lowest BCUT2D eigenvalue weighted by molar-refractivity contribution is 0.0847. The molecule has 2 N–H and O–H groups in total.